The summed E-state index contributed by atoms with van der Waals surface area (Å²) in [5.74, 6) is 0. The van der Waals surface area contributed by atoms with Crippen LogP contribution in [0, 0.1) is 0 Å². The van der Waals surface area contributed by atoms with E-state index in [2.05, 4.69) is 36.6 Å². The lowest BCUT2D eigenvalue weighted by Gasteiger charge is -2.08. The highest BCUT2D eigenvalue weighted by Gasteiger charge is 2.17. The minimum atomic E-state index is -3.49. The zero-order valence-corrected chi connectivity index (χ0v) is 12.5. The van der Waals surface area contributed by atoms with Crippen LogP contribution in [0.4, 0.5) is 0 Å². The minimum Gasteiger partial charge on any atom is -0.383 e. The normalized spacial score (nSPS) is 11.7. The van der Waals surface area contributed by atoms with Gasteiger partial charge in [0.05, 0.1) is 11.5 Å². The van der Waals surface area contributed by atoms with Crippen molar-refractivity contribution in [3.8, 4) is 0 Å². The minimum absolute atomic E-state index is 0.206. The van der Waals surface area contributed by atoms with Gasteiger partial charge in [-0.3, -0.25) is 0 Å². The molecule has 0 spiro atoms. The standard InChI is InChI=1S/C9H11Br2NO3S/c1-15-5-4-12-16(13,14)9-6-7(10)2-3-8(9)11/h2-3,6,12H,4-5H2,1H3. The molecule has 7 heteroatoms. The maximum absolute atomic E-state index is 11.9. The van der Waals surface area contributed by atoms with Gasteiger partial charge in [0.1, 0.15) is 0 Å². The summed E-state index contributed by atoms with van der Waals surface area (Å²) in [4.78, 5) is 0.206. The third-order valence-corrected chi connectivity index (χ3v) is 4.73. The van der Waals surface area contributed by atoms with Crippen molar-refractivity contribution in [3.63, 3.8) is 0 Å². The fraction of sp³-hybridized carbons (Fsp3) is 0.333. The van der Waals surface area contributed by atoms with E-state index in [1.807, 2.05) is 0 Å². The molecule has 0 bridgehead atoms. The number of rotatable bonds is 5. The van der Waals surface area contributed by atoms with Crippen LogP contribution in [-0.4, -0.2) is 28.7 Å². The highest BCUT2D eigenvalue weighted by molar-refractivity contribution is 9.11. The average Bonchev–Trinajstić information content (AvgIpc) is 2.22. The molecule has 0 radical (unpaired) electrons. The molecule has 0 aliphatic rings. The molecule has 0 heterocycles. The van der Waals surface area contributed by atoms with Crippen molar-refractivity contribution in [3.05, 3.63) is 27.1 Å². The van der Waals surface area contributed by atoms with E-state index in [1.165, 1.54) is 7.11 Å². The van der Waals surface area contributed by atoms with Crippen LogP contribution in [0.15, 0.2) is 32.0 Å². The zero-order valence-electron chi connectivity index (χ0n) is 8.54. The van der Waals surface area contributed by atoms with Gasteiger partial charge in [0.2, 0.25) is 10.0 Å². The lowest BCUT2D eigenvalue weighted by molar-refractivity contribution is 0.204. The lowest BCUT2D eigenvalue weighted by atomic mass is 10.4. The van der Waals surface area contributed by atoms with E-state index in [1.54, 1.807) is 18.2 Å². The van der Waals surface area contributed by atoms with Crippen molar-refractivity contribution in [2.24, 2.45) is 0 Å². The van der Waals surface area contributed by atoms with E-state index in [-0.39, 0.29) is 11.4 Å². The molecule has 4 nitrogen and oxygen atoms in total. The first kappa shape index (κ1) is 14.1. The smallest absolute Gasteiger partial charge is 0.241 e. The van der Waals surface area contributed by atoms with Crippen molar-refractivity contribution in [1.82, 2.24) is 4.72 Å². The first-order valence-electron chi connectivity index (χ1n) is 4.41. The Hall–Kier alpha value is 0.0500. The van der Waals surface area contributed by atoms with Crippen molar-refractivity contribution in [2.75, 3.05) is 20.3 Å². The van der Waals surface area contributed by atoms with E-state index in [9.17, 15) is 8.42 Å². The summed E-state index contributed by atoms with van der Waals surface area (Å²) in [6.07, 6.45) is 0. The van der Waals surface area contributed by atoms with Crippen molar-refractivity contribution < 1.29 is 13.2 Å². The van der Waals surface area contributed by atoms with Gasteiger partial charge in [-0.2, -0.15) is 0 Å². The maximum atomic E-state index is 11.9. The number of benzene rings is 1. The topological polar surface area (TPSA) is 55.4 Å². The number of sulfonamides is 1. The molecule has 1 aromatic rings. The van der Waals surface area contributed by atoms with Crippen LogP contribution in [0.5, 0.6) is 0 Å². The first-order valence-corrected chi connectivity index (χ1v) is 7.48. The molecule has 16 heavy (non-hydrogen) atoms. The number of halogens is 2. The molecular weight excluding hydrogens is 362 g/mol. The highest BCUT2D eigenvalue weighted by Crippen LogP contribution is 2.25. The van der Waals surface area contributed by atoms with E-state index < -0.39 is 10.0 Å². The summed E-state index contributed by atoms with van der Waals surface area (Å²) in [5, 5.41) is 0. The highest BCUT2D eigenvalue weighted by atomic mass is 79.9. The van der Waals surface area contributed by atoms with Crippen LogP contribution in [0.3, 0.4) is 0 Å². The van der Waals surface area contributed by atoms with Gasteiger partial charge in [-0.05, 0) is 34.1 Å². The zero-order chi connectivity index (χ0) is 12.2. The Bertz CT molecular complexity index is 462. The van der Waals surface area contributed by atoms with Gasteiger partial charge in [0.25, 0.3) is 0 Å². The number of methoxy groups -OCH3 is 1. The molecule has 0 saturated carbocycles. The molecule has 0 atom stereocenters. The van der Waals surface area contributed by atoms with Gasteiger partial charge >= 0.3 is 0 Å². The number of hydrogen-bond donors (Lipinski definition) is 1. The molecule has 90 valence electrons. The van der Waals surface area contributed by atoms with Crippen LogP contribution in [0.2, 0.25) is 0 Å². The van der Waals surface area contributed by atoms with Crippen molar-refractivity contribution in [1.29, 1.82) is 0 Å². The third-order valence-electron chi connectivity index (χ3n) is 1.78. The summed E-state index contributed by atoms with van der Waals surface area (Å²) in [6.45, 7) is 0.586. The molecule has 0 aromatic heterocycles. The Kier molecular flexibility index (Phi) is 5.39. The largest absolute Gasteiger partial charge is 0.383 e. The summed E-state index contributed by atoms with van der Waals surface area (Å²) < 4.78 is 32.2. The lowest BCUT2D eigenvalue weighted by Crippen LogP contribution is -2.27. The molecular formula is C9H11Br2NO3S. The van der Waals surface area contributed by atoms with Gasteiger partial charge in [-0.15, -0.1) is 0 Å². The Labute approximate surface area is 112 Å². The molecule has 1 aromatic carbocycles. The predicted molar refractivity (Wildman–Crippen MR) is 68.9 cm³/mol. The Morgan fingerprint density at radius 3 is 2.69 bits per heavy atom. The van der Waals surface area contributed by atoms with Gasteiger partial charge in [-0.1, -0.05) is 15.9 Å². The quantitative estimate of drug-likeness (QED) is 0.805. The fourth-order valence-electron chi connectivity index (χ4n) is 1.04. The number of ether oxygens (including phenoxy) is 1. The van der Waals surface area contributed by atoms with E-state index in [0.29, 0.717) is 15.6 Å². The van der Waals surface area contributed by atoms with Crippen LogP contribution < -0.4 is 4.72 Å². The maximum Gasteiger partial charge on any atom is 0.241 e. The third kappa shape index (κ3) is 3.81. The molecule has 0 fully saturated rings. The molecule has 0 unspecified atom stereocenters. The Morgan fingerprint density at radius 2 is 2.06 bits per heavy atom. The summed E-state index contributed by atoms with van der Waals surface area (Å²) >= 11 is 6.44. The van der Waals surface area contributed by atoms with Crippen molar-refractivity contribution >= 4 is 41.9 Å². The van der Waals surface area contributed by atoms with Crippen LogP contribution in [0.1, 0.15) is 0 Å². The molecule has 1 N–H and O–H groups in total. The second kappa shape index (κ2) is 6.11. The summed E-state index contributed by atoms with van der Waals surface area (Å²) in [6, 6.07) is 4.98. The van der Waals surface area contributed by atoms with Crippen LogP contribution in [0.25, 0.3) is 0 Å². The number of nitrogens with one attached hydrogen (secondary N) is 1. The average molecular weight is 373 g/mol. The molecule has 0 aliphatic carbocycles. The van der Waals surface area contributed by atoms with Gasteiger partial charge in [0, 0.05) is 22.6 Å². The van der Waals surface area contributed by atoms with Crippen LogP contribution >= 0.6 is 31.9 Å². The Balaban J connectivity index is 2.93. The molecule has 1 rings (SSSR count). The van der Waals surface area contributed by atoms with Crippen LogP contribution in [-0.2, 0) is 14.8 Å². The molecule has 0 saturated heterocycles. The second-order valence-corrected chi connectivity index (χ2v) is 6.47. The predicted octanol–water partition coefficient (Wildman–Crippen LogP) is 2.14. The molecule has 0 aliphatic heterocycles. The monoisotopic (exact) mass is 371 g/mol. The first-order chi connectivity index (χ1) is 7.47. The fourth-order valence-corrected chi connectivity index (χ4v) is 3.55. The summed E-state index contributed by atoms with van der Waals surface area (Å²) in [7, 11) is -1.98. The van der Waals surface area contributed by atoms with E-state index in [0.717, 1.165) is 0 Å². The van der Waals surface area contributed by atoms with Crippen molar-refractivity contribution in [2.45, 2.75) is 4.90 Å². The van der Waals surface area contributed by atoms with Gasteiger partial charge in [-0.25, -0.2) is 13.1 Å². The summed E-state index contributed by atoms with van der Waals surface area (Å²) in [5.41, 5.74) is 0. The van der Waals surface area contributed by atoms with E-state index >= 15 is 0 Å². The van der Waals surface area contributed by atoms with E-state index in [4.69, 9.17) is 4.74 Å². The second-order valence-electron chi connectivity index (χ2n) is 2.97. The van der Waals surface area contributed by atoms with Gasteiger partial charge < -0.3 is 4.74 Å². The SMILES string of the molecule is COCCNS(=O)(=O)c1cc(Br)ccc1Br. The van der Waals surface area contributed by atoms with Gasteiger partial charge in [0.15, 0.2) is 0 Å². The molecule has 0 amide bonds. The number of hydrogen-bond acceptors (Lipinski definition) is 3. The Morgan fingerprint density at radius 1 is 1.38 bits per heavy atom.